The van der Waals surface area contributed by atoms with Gasteiger partial charge in [0.05, 0.1) is 0 Å². The van der Waals surface area contributed by atoms with E-state index >= 15 is 0 Å². The van der Waals surface area contributed by atoms with Crippen molar-refractivity contribution in [2.24, 2.45) is 0 Å². The first-order valence-corrected chi connectivity index (χ1v) is 6.84. The van der Waals surface area contributed by atoms with Crippen LogP contribution in [-0.4, -0.2) is 24.9 Å². The Kier molecular flexibility index (Phi) is 7.32. The molecule has 0 radical (unpaired) electrons. The van der Waals surface area contributed by atoms with E-state index in [-0.39, 0.29) is 11.8 Å². The van der Waals surface area contributed by atoms with Gasteiger partial charge in [-0.2, -0.15) is 0 Å². The molecule has 0 unspecified atom stereocenters. The quantitative estimate of drug-likeness (QED) is 0.705. The van der Waals surface area contributed by atoms with Gasteiger partial charge in [0, 0.05) is 25.1 Å². The predicted octanol–water partition coefficient (Wildman–Crippen LogP) is 2.11. The van der Waals surface area contributed by atoms with Gasteiger partial charge >= 0.3 is 0 Å². The molecule has 0 aliphatic carbocycles. The molecule has 104 valence electrons. The minimum Gasteiger partial charge on any atom is -0.356 e. The predicted molar refractivity (Wildman–Crippen MR) is 75.9 cm³/mol. The van der Waals surface area contributed by atoms with Crippen LogP contribution < -0.4 is 10.6 Å². The zero-order chi connectivity index (χ0) is 13.9. The van der Waals surface area contributed by atoms with Gasteiger partial charge < -0.3 is 10.6 Å². The number of nitrogens with one attached hydrogen (secondary N) is 2. The van der Waals surface area contributed by atoms with E-state index in [1.54, 1.807) is 12.1 Å². The summed E-state index contributed by atoms with van der Waals surface area (Å²) in [5, 5.41) is 5.57. The molecule has 19 heavy (non-hydrogen) atoms. The molecule has 0 aromatic heterocycles. The molecule has 2 N–H and O–H groups in total. The van der Waals surface area contributed by atoms with Crippen molar-refractivity contribution < 1.29 is 9.59 Å². The van der Waals surface area contributed by atoms with Crippen LogP contribution in [0.2, 0.25) is 0 Å². The second-order valence-corrected chi connectivity index (χ2v) is 4.43. The summed E-state index contributed by atoms with van der Waals surface area (Å²) in [6.45, 7) is 3.22. The standard InChI is InChI=1S/C15H22N2O2/c1-2-3-7-11-16-14(18)10-12-17-15(19)13-8-5-4-6-9-13/h4-6,8-9H,2-3,7,10-12H2,1H3,(H,16,18)(H,17,19). The third-order valence-corrected chi connectivity index (χ3v) is 2.78. The number of rotatable bonds is 8. The molecule has 0 aliphatic heterocycles. The molecule has 0 atom stereocenters. The number of carbonyl (C=O) groups excluding carboxylic acids is 2. The first kappa shape index (κ1) is 15.2. The summed E-state index contributed by atoms with van der Waals surface area (Å²) in [4.78, 5) is 23.1. The summed E-state index contributed by atoms with van der Waals surface area (Å²) in [6, 6.07) is 8.99. The zero-order valence-corrected chi connectivity index (χ0v) is 11.4. The van der Waals surface area contributed by atoms with E-state index in [2.05, 4.69) is 17.6 Å². The molecule has 1 aromatic carbocycles. The molecular formula is C15H22N2O2. The Hall–Kier alpha value is -1.84. The van der Waals surface area contributed by atoms with Crippen molar-refractivity contribution in [3.05, 3.63) is 35.9 Å². The molecule has 1 aromatic rings. The van der Waals surface area contributed by atoms with E-state index in [4.69, 9.17) is 0 Å². The van der Waals surface area contributed by atoms with E-state index in [1.807, 2.05) is 18.2 Å². The van der Waals surface area contributed by atoms with Crippen LogP contribution in [0.25, 0.3) is 0 Å². The highest BCUT2D eigenvalue weighted by molar-refractivity contribution is 5.94. The molecule has 0 bridgehead atoms. The maximum absolute atomic E-state index is 11.7. The lowest BCUT2D eigenvalue weighted by Gasteiger charge is -2.06. The number of hydrogen-bond donors (Lipinski definition) is 2. The van der Waals surface area contributed by atoms with Gasteiger partial charge in [0.1, 0.15) is 0 Å². The number of carbonyl (C=O) groups is 2. The average molecular weight is 262 g/mol. The van der Waals surface area contributed by atoms with Crippen LogP contribution in [0.15, 0.2) is 30.3 Å². The minimum atomic E-state index is -0.139. The molecule has 0 aliphatic rings. The Balaban J connectivity index is 2.13. The van der Waals surface area contributed by atoms with Crippen LogP contribution in [0.3, 0.4) is 0 Å². The molecular weight excluding hydrogens is 240 g/mol. The molecule has 1 rings (SSSR count). The molecule has 0 heterocycles. The van der Waals surface area contributed by atoms with Crippen LogP contribution in [0.5, 0.6) is 0 Å². The fraction of sp³-hybridized carbons (Fsp3) is 0.467. The van der Waals surface area contributed by atoms with Crippen LogP contribution in [-0.2, 0) is 4.79 Å². The second-order valence-electron chi connectivity index (χ2n) is 4.43. The number of benzene rings is 1. The fourth-order valence-corrected chi connectivity index (χ4v) is 1.67. The van der Waals surface area contributed by atoms with Crippen LogP contribution in [0.1, 0.15) is 43.0 Å². The lowest BCUT2D eigenvalue weighted by atomic mass is 10.2. The van der Waals surface area contributed by atoms with Crippen molar-refractivity contribution >= 4 is 11.8 Å². The van der Waals surface area contributed by atoms with Crippen LogP contribution in [0.4, 0.5) is 0 Å². The van der Waals surface area contributed by atoms with E-state index in [9.17, 15) is 9.59 Å². The molecule has 0 spiro atoms. The van der Waals surface area contributed by atoms with Gasteiger partial charge in [-0.3, -0.25) is 9.59 Å². The highest BCUT2D eigenvalue weighted by Crippen LogP contribution is 1.97. The van der Waals surface area contributed by atoms with E-state index in [0.29, 0.717) is 18.5 Å². The average Bonchev–Trinajstić information content (AvgIpc) is 2.44. The van der Waals surface area contributed by atoms with Gasteiger partial charge in [0.2, 0.25) is 5.91 Å². The first-order chi connectivity index (χ1) is 9.24. The number of unbranched alkanes of at least 4 members (excludes halogenated alkanes) is 2. The first-order valence-electron chi connectivity index (χ1n) is 6.84. The Morgan fingerprint density at radius 2 is 1.74 bits per heavy atom. The summed E-state index contributed by atoms with van der Waals surface area (Å²) in [6.07, 6.45) is 3.61. The van der Waals surface area contributed by atoms with Crippen molar-refractivity contribution in [2.45, 2.75) is 32.6 Å². The van der Waals surface area contributed by atoms with Gasteiger partial charge in [-0.1, -0.05) is 38.0 Å². The van der Waals surface area contributed by atoms with E-state index in [0.717, 1.165) is 25.8 Å². The smallest absolute Gasteiger partial charge is 0.251 e. The van der Waals surface area contributed by atoms with E-state index < -0.39 is 0 Å². The van der Waals surface area contributed by atoms with Gasteiger partial charge in [0.25, 0.3) is 5.91 Å². The summed E-state index contributed by atoms with van der Waals surface area (Å²) in [5.74, 6) is -0.149. The summed E-state index contributed by atoms with van der Waals surface area (Å²) >= 11 is 0. The van der Waals surface area contributed by atoms with Gasteiger partial charge in [0.15, 0.2) is 0 Å². The topological polar surface area (TPSA) is 58.2 Å². The molecule has 4 nitrogen and oxygen atoms in total. The maximum Gasteiger partial charge on any atom is 0.251 e. The Morgan fingerprint density at radius 3 is 2.42 bits per heavy atom. The zero-order valence-electron chi connectivity index (χ0n) is 11.4. The largest absolute Gasteiger partial charge is 0.356 e. The lowest BCUT2D eigenvalue weighted by molar-refractivity contribution is -0.120. The molecule has 0 saturated carbocycles. The Morgan fingerprint density at radius 1 is 1.00 bits per heavy atom. The monoisotopic (exact) mass is 262 g/mol. The highest BCUT2D eigenvalue weighted by atomic mass is 16.2. The maximum atomic E-state index is 11.7. The second kappa shape index (κ2) is 9.14. The summed E-state index contributed by atoms with van der Waals surface area (Å²) in [7, 11) is 0. The SMILES string of the molecule is CCCCCNC(=O)CCNC(=O)c1ccccc1. The molecule has 0 saturated heterocycles. The Labute approximate surface area is 114 Å². The van der Waals surface area contributed by atoms with Gasteiger partial charge in [-0.05, 0) is 18.6 Å². The number of amides is 2. The molecule has 2 amide bonds. The normalized spacial score (nSPS) is 9.95. The Bertz CT molecular complexity index is 390. The van der Waals surface area contributed by atoms with Gasteiger partial charge in [-0.15, -0.1) is 0 Å². The molecule has 4 heteroatoms. The number of hydrogen-bond acceptors (Lipinski definition) is 2. The van der Waals surface area contributed by atoms with Crippen LogP contribution in [0, 0.1) is 0 Å². The highest BCUT2D eigenvalue weighted by Gasteiger charge is 2.05. The van der Waals surface area contributed by atoms with Crippen LogP contribution >= 0.6 is 0 Å². The third kappa shape index (κ3) is 6.60. The van der Waals surface area contributed by atoms with Gasteiger partial charge in [-0.25, -0.2) is 0 Å². The van der Waals surface area contributed by atoms with Crippen molar-refractivity contribution in [3.63, 3.8) is 0 Å². The van der Waals surface area contributed by atoms with Crippen molar-refractivity contribution in [1.82, 2.24) is 10.6 Å². The minimum absolute atomic E-state index is 0.00975. The fourth-order valence-electron chi connectivity index (χ4n) is 1.67. The van der Waals surface area contributed by atoms with E-state index in [1.165, 1.54) is 0 Å². The lowest BCUT2D eigenvalue weighted by Crippen LogP contribution is -2.31. The van der Waals surface area contributed by atoms with Crippen molar-refractivity contribution in [2.75, 3.05) is 13.1 Å². The molecule has 0 fully saturated rings. The summed E-state index contributed by atoms with van der Waals surface area (Å²) in [5.41, 5.74) is 0.617. The van der Waals surface area contributed by atoms with Crippen molar-refractivity contribution in [1.29, 1.82) is 0 Å². The van der Waals surface area contributed by atoms with Crippen molar-refractivity contribution in [3.8, 4) is 0 Å². The third-order valence-electron chi connectivity index (χ3n) is 2.78. The summed E-state index contributed by atoms with van der Waals surface area (Å²) < 4.78 is 0.